The second-order valence-corrected chi connectivity index (χ2v) is 13.9. The minimum Gasteiger partial charge on any atom is -0.309 e. The fourth-order valence-corrected chi connectivity index (χ4v) is 8.90. The molecule has 0 unspecified atom stereocenters. The van der Waals surface area contributed by atoms with Gasteiger partial charge in [-0.25, -0.2) is 0 Å². The fraction of sp³-hybridized carbons (Fsp3) is 0. The Labute approximate surface area is 316 Å². The third-order valence-electron chi connectivity index (χ3n) is 11.1. The lowest BCUT2D eigenvalue weighted by Crippen LogP contribution is -2.04. The van der Waals surface area contributed by atoms with Gasteiger partial charge in [0.25, 0.3) is 0 Å². The first-order valence-electron chi connectivity index (χ1n) is 18.3. The standard InChI is InChI=1S/C50H29N5/c51-30-32-27-28-38(48(29-32)54-45-24-10-5-18-40(45)49-33(31-52)13-11-25-46(49)54)36-16-3-8-22-43(36)55-44-23-9-4-17-37(44)39-19-12-26-47(50(39)55)53-41-20-6-1-14-34(41)35-15-2-7-21-42(35)53/h1-29H. The van der Waals surface area contributed by atoms with Crippen LogP contribution in [0.5, 0.6) is 0 Å². The van der Waals surface area contributed by atoms with E-state index in [1.54, 1.807) is 0 Å². The molecule has 0 bridgehead atoms. The first kappa shape index (κ1) is 30.7. The molecule has 5 heteroatoms. The number of nitrogens with zero attached hydrogens (tertiary/aromatic N) is 5. The summed E-state index contributed by atoms with van der Waals surface area (Å²) in [6, 6.07) is 66.0. The van der Waals surface area contributed by atoms with E-state index in [1.807, 2.05) is 36.4 Å². The summed E-state index contributed by atoms with van der Waals surface area (Å²) >= 11 is 0. The lowest BCUT2D eigenvalue weighted by molar-refractivity contribution is 1.13. The molecule has 55 heavy (non-hydrogen) atoms. The normalized spacial score (nSPS) is 11.6. The zero-order chi connectivity index (χ0) is 36.6. The maximum Gasteiger partial charge on any atom is 0.0998 e. The monoisotopic (exact) mass is 699 g/mol. The van der Waals surface area contributed by atoms with Crippen LogP contribution in [-0.2, 0) is 0 Å². The van der Waals surface area contributed by atoms with Crippen molar-refractivity contribution in [3.05, 3.63) is 187 Å². The van der Waals surface area contributed by atoms with Gasteiger partial charge in [-0.15, -0.1) is 0 Å². The van der Waals surface area contributed by atoms with Crippen molar-refractivity contribution in [2.24, 2.45) is 0 Å². The van der Waals surface area contributed by atoms with Gasteiger partial charge in [0.1, 0.15) is 0 Å². The molecule has 0 aliphatic heterocycles. The maximum absolute atomic E-state index is 10.2. The molecule has 0 saturated heterocycles. The topological polar surface area (TPSA) is 62.4 Å². The fourth-order valence-electron chi connectivity index (χ4n) is 8.90. The van der Waals surface area contributed by atoms with Crippen LogP contribution >= 0.6 is 0 Å². The summed E-state index contributed by atoms with van der Waals surface area (Å²) in [5.41, 5.74) is 12.5. The number of fused-ring (bicyclic) bond motifs is 9. The summed E-state index contributed by atoms with van der Waals surface area (Å²) in [6.45, 7) is 0. The predicted octanol–water partition coefficient (Wildman–Crippen LogP) is 12.4. The van der Waals surface area contributed by atoms with Crippen LogP contribution in [0.15, 0.2) is 176 Å². The molecule has 11 rings (SSSR count). The van der Waals surface area contributed by atoms with Crippen molar-refractivity contribution >= 4 is 65.4 Å². The van der Waals surface area contributed by atoms with Gasteiger partial charge in [-0.2, -0.15) is 10.5 Å². The van der Waals surface area contributed by atoms with Crippen LogP contribution in [0.2, 0.25) is 0 Å². The second-order valence-electron chi connectivity index (χ2n) is 13.9. The minimum absolute atomic E-state index is 0.559. The highest BCUT2D eigenvalue weighted by molar-refractivity contribution is 6.16. The molecule has 11 aromatic rings. The van der Waals surface area contributed by atoms with E-state index in [0.29, 0.717) is 11.1 Å². The SMILES string of the molecule is N#Cc1ccc(-c2ccccc2-n2c3ccccc3c3cccc(-n4c5ccccc5c5ccccc54)c32)c(-n2c3ccccc3c3c(C#N)cccc32)c1. The molecule has 3 aromatic heterocycles. The van der Waals surface area contributed by atoms with Gasteiger partial charge in [0, 0.05) is 43.4 Å². The van der Waals surface area contributed by atoms with Crippen LogP contribution in [0.4, 0.5) is 0 Å². The number of para-hydroxylation sites is 6. The molecule has 0 N–H and O–H groups in total. The Hall–Kier alpha value is -7.86. The molecule has 0 fully saturated rings. The zero-order valence-electron chi connectivity index (χ0n) is 29.5. The molecule has 3 heterocycles. The average Bonchev–Trinajstić information content (AvgIpc) is 3.89. The summed E-state index contributed by atoms with van der Waals surface area (Å²) in [6.07, 6.45) is 0. The van der Waals surface area contributed by atoms with E-state index < -0.39 is 0 Å². The van der Waals surface area contributed by atoms with E-state index in [4.69, 9.17) is 0 Å². The lowest BCUT2D eigenvalue weighted by atomic mass is 9.99. The van der Waals surface area contributed by atoms with Crippen molar-refractivity contribution in [1.82, 2.24) is 13.7 Å². The molecule has 0 aliphatic carbocycles. The van der Waals surface area contributed by atoms with Crippen LogP contribution in [0.1, 0.15) is 11.1 Å². The van der Waals surface area contributed by atoms with Crippen molar-refractivity contribution in [1.29, 1.82) is 10.5 Å². The van der Waals surface area contributed by atoms with Gasteiger partial charge in [-0.05, 0) is 60.7 Å². The molecule has 5 nitrogen and oxygen atoms in total. The van der Waals surface area contributed by atoms with Crippen LogP contribution in [0, 0.1) is 22.7 Å². The molecule has 254 valence electrons. The smallest absolute Gasteiger partial charge is 0.0998 e. The van der Waals surface area contributed by atoms with Crippen LogP contribution in [0.25, 0.3) is 93.6 Å². The summed E-state index contributed by atoms with van der Waals surface area (Å²) in [5.74, 6) is 0. The van der Waals surface area contributed by atoms with Crippen LogP contribution in [0.3, 0.4) is 0 Å². The third kappa shape index (κ3) is 4.33. The molecule has 0 saturated carbocycles. The maximum atomic E-state index is 10.2. The zero-order valence-corrected chi connectivity index (χ0v) is 29.5. The number of benzene rings is 8. The predicted molar refractivity (Wildman–Crippen MR) is 224 cm³/mol. The molecule has 0 spiro atoms. The summed E-state index contributed by atoms with van der Waals surface area (Å²) < 4.78 is 7.04. The third-order valence-corrected chi connectivity index (χ3v) is 11.1. The van der Waals surface area contributed by atoms with Gasteiger partial charge >= 0.3 is 0 Å². The van der Waals surface area contributed by atoms with E-state index in [0.717, 1.165) is 77.4 Å². The molecule has 0 aliphatic rings. The largest absolute Gasteiger partial charge is 0.309 e. The summed E-state index contributed by atoms with van der Waals surface area (Å²) in [4.78, 5) is 0. The van der Waals surface area contributed by atoms with Crippen molar-refractivity contribution in [3.63, 3.8) is 0 Å². The van der Waals surface area contributed by atoms with Crippen LogP contribution < -0.4 is 0 Å². The Kier molecular flexibility index (Phi) is 6.61. The van der Waals surface area contributed by atoms with E-state index >= 15 is 0 Å². The van der Waals surface area contributed by atoms with Crippen molar-refractivity contribution < 1.29 is 0 Å². The Morgan fingerprint density at radius 1 is 0.345 bits per heavy atom. The van der Waals surface area contributed by atoms with Crippen molar-refractivity contribution in [3.8, 4) is 40.3 Å². The number of nitriles is 2. The van der Waals surface area contributed by atoms with E-state index in [-0.39, 0.29) is 0 Å². The highest BCUT2D eigenvalue weighted by Gasteiger charge is 2.23. The number of aromatic nitrogens is 3. The Balaban J connectivity index is 1.27. The average molecular weight is 700 g/mol. The van der Waals surface area contributed by atoms with Crippen molar-refractivity contribution in [2.45, 2.75) is 0 Å². The van der Waals surface area contributed by atoms with Crippen LogP contribution in [-0.4, -0.2) is 13.7 Å². The molecule has 8 aromatic carbocycles. The van der Waals surface area contributed by atoms with Gasteiger partial charge in [0.2, 0.25) is 0 Å². The van der Waals surface area contributed by atoms with Gasteiger partial charge in [0.15, 0.2) is 0 Å². The Morgan fingerprint density at radius 2 is 0.836 bits per heavy atom. The van der Waals surface area contributed by atoms with Gasteiger partial charge in [-0.1, -0.05) is 115 Å². The molecule has 0 radical (unpaired) electrons. The molecule has 0 atom stereocenters. The second kappa shape index (κ2) is 11.8. The Morgan fingerprint density at radius 3 is 1.53 bits per heavy atom. The number of hydrogen-bond donors (Lipinski definition) is 0. The molecular formula is C50H29N5. The summed E-state index contributed by atoms with van der Waals surface area (Å²) in [5, 5.41) is 27.1. The van der Waals surface area contributed by atoms with E-state index in [1.165, 1.54) is 16.2 Å². The highest BCUT2D eigenvalue weighted by Crippen LogP contribution is 2.43. The number of rotatable bonds is 4. The van der Waals surface area contributed by atoms with E-state index in [9.17, 15) is 10.5 Å². The highest BCUT2D eigenvalue weighted by atomic mass is 15.1. The first-order chi connectivity index (χ1) is 27.2. The Bertz CT molecular complexity index is 3420. The lowest BCUT2D eigenvalue weighted by Gasteiger charge is -2.20. The van der Waals surface area contributed by atoms with Gasteiger partial charge in [0.05, 0.1) is 73.4 Å². The minimum atomic E-state index is 0.559. The van der Waals surface area contributed by atoms with Gasteiger partial charge in [-0.3, -0.25) is 0 Å². The van der Waals surface area contributed by atoms with Gasteiger partial charge < -0.3 is 13.7 Å². The summed E-state index contributed by atoms with van der Waals surface area (Å²) in [7, 11) is 0. The molecular weight excluding hydrogens is 671 g/mol. The van der Waals surface area contributed by atoms with E-state index in [2.05, 4.69) is 165 Å². The van der Waals surface area contributed by atoms with Crippen molar-refractivity contribution in [2.75, 3.05) is 0 Å². The molecule has 0 amide bonds. The quantitative estimate of drug-likeness (QED) is 0.184. The number of hydrogen-bond acceptors (Lipinski definition) is 2. The first-order valence-corrected chi connectivity index (χ1v) is 18.3.